The monoisotopic (exact) mass is 205 g/mol. The zero-order valence-electron chi connectivity index (χ0n) is 8.81. The zero-order chi connectivity index (χ0) is 10.7. The molecule has 2 unspecified atom stereocenters. The van der Waals surface area contributed by atoms with Crippen LogP contribution >= 0.6 is 0 Å². The molecule has 0 amide bonds. The Balaban J connectivity index is 2.13. The molecule has 0 aromatic carbocycles. The summed E-state index contributed by atoms with van der Waals surface area (Å²) in [6, 6.07) is 0.256. The molecule has 2 heterocycles. The number of carbonyl (C=O) groups excluding carboxylic acids is 1. The Morgan fingerprint density at radius 1 is 1.47 bits per heavy atom. The smallest absolute Gasteiger partial charge is 0.170 e. The van der Waals surface area contributed by atoms with Crippen LogP contribution in [-0.4, -0.2) is 28.3 Å². The Hall–Kier alpha value is -1.29. The molecule has 1 N–H and O–H groups in total. The second kappa shape index (κ2) is 4.49. The van der Waals surface area contributed by atoms with Crippen molar-refractivity contribution in [1.82, 2.24) is 15.3 Å². The zero-order valence-corrected chi connectivity index (χ0v) is 8.81. The van der Waals surface area contributed by atoms with E-state index in [2.05, 4.69) is 22.2 Å². The molecule has 0 aliphatic carbocycles. The number of aromatic nitrogens is 2. The minimum Gasteiger partial charge on any atom is -0.314 e. The Kier molecular flexibility index (Phi) is 3.06. The number of rotatable bonds is 2. The lowest BCUT2D eigenvalue weighted by Crippen LogP contribution is -2.42. The molecule has 1 aromatic rings. The lowest BCUT2D eigenvalue weighted by molar-refractivity contribution is 0.0866. The van der Waals surface area contributed by atoms with Crippen LogP contribution in [0, 0.1) is 5.92 Å². The molecule has 1 fully saturated rings. The maximum Gasteiger partial charge on any atom is 0.170 e. The van der Waals surface area contributed by atoms with E-state index in [1.807, 2.05) is 0 Å². The predicted molar refractivity (Wildman–Crippen MR) is 56.6 cm³/mol. The fraction of sp³-hybridized carbons (Fsp3) is 0.545. The average Bonchev–Trinajstić information content (AvgIpc) is 2.30. The SMILES string of the molecule is CC1NCCCC1C(=O)c1cncnc1. The van der Waals surface area contributed by atoms with E-state index in [0.29, 0.717) is 5.56 Å². The van der Waals surface area contributed by atoms with Crippen LogP contribution < -0.4 is 5.32 Å². The molecule has 0 radical (unpaired) electrons. The molecule has 1 aromatic heterocycles. The summed E-state index contributed by atoms with van der Waals surface area (Å²) in [4.78, 5) is 19.8. The van der Waals surface area contributed by atoms with Crippen molar-refractivity contribution in [3.63, 3.8) is 0 Å². The Morgan fingerprint density at radius 2 is 2.20 bits per heavy atom. The summed E-state index contributed by atoms with van der Waals surface area (Å²) in [6.45, 7) is 3.07. The number of hydrogen-bond donors (Lipinski definition) is 1. The van der Waals surface area contributed by atoms with Crippen molar-refractivity contribution >= 4 is 5.78 Å². The molecule has 2 rings (SSSR count). The van der Waals surface area contributed by atoms with Gasteiger partial charge in [-0.2, -0.15) is 0 Å². The second-order valence-corrected chi connectivity index (χ2v) is 3.98. The molecule has 1 saturated heterocycles. The van der Waals surface area contributed by atoms with E-state index in [9.17, 15) is 4.79 Å². The largest absolute Gasteiger partial charge is 0.314 e. The molecule has 15 heavy (non-hydrogen) atoms. The van der Waals surface area contributed by atoms with Gasteiger partial charge < -0.3 is 5.32 Å². The first-order chi connectivity index (χ1) is 7.29. The second-order valence-electron chi connectivity index (χ2n) is 3.98. The van der Waals surface area contributed by atoms with Gasteiger partial charge in [-0.1, -0.05) is 0 Å². The van der Waals surface area contributed by atoms with Crippen LogP contribution in [-0.2, 0) is 0 Å². The Bertz CT molecular complexity index is 339. The van der Waals surface area contributed by atoms with Gasteiger partial charge in [0, 0.05) is 24.4 Å². The first-order valence-corrected chi connectivity index (χ1v) is 5.31. The molecule has 0 bridgehead atoms. The fourth-order valence-corrected chi connectivity index (χ4v) is 2.04. The number of hydrogen-bond acceptors (Lipinski definition) is 4. The summed E-state index contributed by atoms with van der Waals surface area (Å²) >= 11 is 0. The molecule has 0 spiro atoms. The van der Waals surface area contributed by atoms with Crippen LogP contribution in [0.15, 0.2) is 18.7 Å². The molecule has 4 nitrogen and oxygen atoms in total. The number of nitrogens with one attached hydrogen (secondary N) is 1. The average molecular weight is 205 g/mol. The van der Waals surface area contributed by atoms with Crippen molar-refractivity contribution in [1.29, 1.82) is 0 Å². The summed E-state index contributed by atoms with van der Waals surface area (Å²) in [5.74, 6) is 0.236. The van der Waals surface area contributed by atoms with E-state index in [0.717, 1.165) is 19.4 Å². The van der Waals surface area contributed by atoms with Crippen molar-refractivity contribution in [3.05, 3.63) is 24.3 Å². The van der Waals surface area contributed by atoms with Gasteiger partial charge in [0.2, 0.25) is 0 Å². The lowest BCUT2D eigenvalue weighted by atomic mass is 9.86. The summed E-state index contributed by atoms with van der Waals surface area (Å²) in [6.07, 6.45) is 6.66. The molecule has 4 heteroatoms. The molecular weight excluding hydrogens is 190 g/mol. The van der Waals surface area contributed by atoms with E-state index < -0.39 is 0 Å². The van der Waals surface area contributed by atoms with Crippen LogP contribution in [0.3, 0.4) is 0 Å². The van der Waals surface area contributed by atoms with Crippen LogP contribution in [0.5, 0.6) is 0 Å². The van der Waals surface area contributed by atoms with Crippen LogP contribution in [0.4, 0.5) is 0 Å². The van der Waals surface area contributed by atoms with Crippen molar-refractivity contribution in [2.75, 3.05) is 6.54 Å². The van der Waals surface area contributed by atoms with E-state index in [1.165, 1.54) is 6.33 Å². The highest BCUT2D eigenvalue weighted by molar-refractivity contribution is 5.97. The van der Waals surface area contributed by atoms with Crippen molar-refractivity contribution in [2.24, 2.45) is 5.92 Å². The van der Waals surface area contributed by atoms with Crippen LogP contribution in [0.25, 0.3) is 0 Å². The van der Waals surface area contributed by atoms with E-state index >= 15 is 0 Å². The van der Waals surface area contributed by atoms with Gasteiger partial charge in [0.25, 0.3) is 0 Å². The standard InChI is InChI=1S/C11H15N3O/c1-8-10(3-2-4-14-8)11(15)9-5-12-7-13-6-9/h5-8,10,14H,2-4H2,1H3. The molecular formula is C11H15N3O. The topological polar surface area (TPSA) is 54.9 Å². The summed E-state index contributed by atoms with van der Waals surface area (Å²) in [5, 5.41) is 3.32. The van der Waals surface area contributed by atoms with Crippen molar-refractivity contribution in [2.45, 2.75) is 25.8 Å². The highest BCUT2D eigenvalue weighted by Crippen LogP contribution is 2.20. The fourth-order valence-electron chi connectivity index (χ4n) is 2.04. The lowest BCUT2D eigenvalue weighted by Gasteiger charge is -2.28. The maximum atomic E-state index is 12.1. The first kappa shape index (κ1) is 10.2. The van der Waals surface area contributed by atoms with E-state index in [4.69, 9.17) is 0 Å². The molecule has 0 saturated carbocycles. The van der Waals surface area contributed by atoms with Gasteiger partial charge in [-0.15, -0.1) is 0 Å². The van der Waals surface area contributed by atoms with Gasteiger partial charge in [-0.3, -0.25) is 4.79 Å². The third-order valence-corrected chi connectivity index (χ3v) is 2.94. The van der Waals surface area contributed by atoms with Gasteiger partial charge in [-0.25, -0.2) is 9.97 Å². The Morgan fingerprint density at radius 3 is 2.87 bits per heavy atom. The van der Waals surface area contributed by atoms with E-state index in [-0.39, 0.29) is 17.7 Å². The Labute approximate surface area is 89.1 Å². The number of piperidine rings is 1. The van der Waals surface area contributed by atoms with Crippen molar-refractivity contribution in [3.8, 4) is 0 Å². The van der Waals surface area contributed by atoms with Crippen LogP contribution in [0.2, 0.25) is 0 Å². The van der Waals surface area contributed by atoms with Gasteiger partial charge in [0.05, 0.1) is 5.56 Å². The van der Waals surface area contributed by atoms with Crippen molar-refractivity contribution < 1.29 is 4.79 Å². The first-order valence-electron chi connectivity index (χ1n) is 5.31. The number of carbonyl (C=O) groups is 1. The highest BCUT2D eigenvalue weighted by Gasteiger charge is 2.28. The molecule has 80 valence electrons. The molecule has 1 aliphatic rings. The van der Waals surface area contributed by atoms with Gasteiger partial charge in [0.1, 0.15) is 6.33 Å². The summed E-state index contributed by atoms with van der Waals surface area (Å²) in [7, 11) is 0. The minimum atomic E-state index is 0.0738. The predicted octanol–water partition coefficient (Wildman–Crippen LogP) is 1.05. The summed E-state index contributed by atoms with van der Waals surface area (Å²) in [5.41, 5.74) is 0.623. The quantitative estimate of drug-likeness (QED) is 0.733. The van der Waals surface area contributed by atoms with Gasteiger partial charge in [0.15, 0.2) is 5.78 Å². The number of Topliss-reactive ketones (excluding diaryl/α,β-unsaturated/α-hetero) is 1. The number of ketones is 1. The van der Waals surface area contributed by atoms with Crippen LogP contribution in [0.1, 0.15) is 30.1 Å². The third kappa shape index (κ3) is 2.21. The van der Waals surface area contributed by atoms with Gasteiger partial charge >= 0.3 is 0 Å². The summed E-state index contributed by atoms with van der Waals surface area (Å²) < 4.78 is 0. The van der Waals surface area contributed by atoms with E-state index in [1.54, 1.807) is 12.4 Å². The number of nitrogens with zero attached hydrogens (tertiary/aromatic N) is 2. The highest BCUT2D eigenvalue weighted by atomic mass is 16.1. The molecule has 2 atom stereocenters. The maximum absolute atomic E-state index is 12.1. The third-order valence-electron chi connectivity index (χ3n) is 2.94. The molecule has 1 aliphatic heterocycles. The minimum absolute atomic E-state index is 0.0738. The normalized spacial score (nSPS) is 26.2. The van der Waals surface area contributed by atoms with Gasteiger partial charge in [-0.05, 0) is 26.3 Å².